The van der Waals surface area contributed by atoms with Gasteiger partial charge in [0.25, 0.3) is 0 Å². The van der Waals surface area contributed by atoms with Gasteiger partial charge in [-0.1, -0.05) is 24.6 Å². The van der Waals surface area contributed by atoms with E-state index < -0.39 is 10.0 Å². The third-order valence-corrected chi connectivity index (χ3v) is 4.85. The van der Waals surface area contributed by atoms with Crippen LogP contribution in [0.2, 0.25) is 0 Å². The Kier molecular flexibility index (Phi) is 6.31. The largest absolute Gasteiger partial charge is 0.317 e. The summed E-state index contributed by atoms with van der Waals surface area (Å²) in [7, 11) is -1.61. The zero-order valence-corrected chi connectivity index (χ0v) is 12.8. The maximum absolute atomic E-state index is 12.1. The molecule has 0 saturated carbocycles. The van der Waals surface area contributed by atoms with E-state index in [1.54, 1.807) is 7.05 Å². The Morgan fingerprint density at radius 3 is 2.37 bits per heavy atom. The van der Waals surface area contributed by atoms with Crippen LogP contribution in [0.1, 0.15) is 25.3 Å². The van der Waals surface area contributed by atoms with Crippen molar-refractivity contribution in [2.45, 2.75) is 26.7 Å². The fourth-order valence-corrected chi connectivity index (χ4v) is 2.96. The highest BCUT2D eigenvalue weighted by molar-refractivity contribution is 7.92. The molecule has 1 N–H and O–H groups in total. The number of nitrogens with zero attached hydrogens (tertiary/aromatic N) is 1. The molecule has 4 nitrogen and oxygen atoms in total. The van der Waals surface area contributed by atoms with E-state index in [1.165, 1.54) is 4.31 Å². The normalized spacial score (nSPS) is 11.5. The zero-order chi connectivity index (χ0) is 14.3. The second-order valence-electron chi connectivity index (χ2n) is 4.72. The molecule has 0 saturated heterocycles. The van der Waals surface area contributed by atoms with E-state index in [9.17, 15) is 8.42 Å². The number of anilines is 1. The molecule has 0 aromatic heterocycles. The molecule has 0 amide bonds. The van der Waals surface area contributed by atoms with Crippen molar-refractivity contribution in [2.75, 3.05) is 30.2 Å². The molecule has 0 bridgehead atoms. The van der Waals surface area contributed by atoms with E-state index in [0.29, 0.717) is 12.1 Å². The maximum atomic E-state index is 12.1. The molecule has 0 radical (unpaired) electrons. The monoisotopic (exact) mass is 284 g/mol. The quantitative estimate of drug-likeness (QED) is 0.744. The molecule has 5 heteroatoms. The molecule has 0 fully saturated rings. The summed E-state index contributed by atoms with van der Waals surface area (Å²) in [4.78, 5) is 0. The molecule has 0 atom stereocenters. The van der Waals surface area contributed by atoms with Crippen molar-refractivity contribution in [3.63, 3.8) is 0 Å². The smallest absolute Gasteiger partial charge is 0.234 e. The van der Waals surface area contributed by atoms with Gasteiger partial charge in [0.05, 0.1) is 11.4 Å². The van der Waals surface area contributed by atoms with E-state index in [0.717, 1.165) is 25.1 Å². The Balaban J connectivity index is 2.54. The van der Waals surface area contributed by atoms with Crippen molar-refractivity contribution < 1.29 is 8.42 Å². The third-order valence-electron chi connectivity index (χ3n) is 3.00. The van der Waals surface area contributed by atoms with Crippen LogP contribution in [0.15, 0.2) is 24.3 Å². The first-order valence-corrected chi connectivity index (χ1v) is 8.32. The van der Waals surface area contributed by atoms with Gasteiger partial charge in [-0.2, -0.15) is 0 Å². The molecule has 0 aliphatic rings. The topological polar surface area (TPSA) is 49.4 Å². The highest BCUT2D eigenvalue weighted by Crippen LogP contribution is 2.17. The predicted molar refractivity (Wildman–Crippen MR) is 81.1 cm³/mol. The molecule has 19 heavy (non-hydrogen) atoms. The van der Waals surface area contributed by atoms with Crippen LogP contribution in [-0.2, 0) is 10.0 Å². The molecule has 108 valence electrons. The van der Waals surface area contributed by atoms with Crippen molar-refractivity contribution >= 4 is 15.7 Å². The van der Waals surface area contributed by atoms with Gasteiger partial charge in [0.15, 0.2) is 0 Å². The first kappa shape index (κ1) is 16.0. The van der Waals surface area contributed by atoms with Crippen LogP contribution in [0.25, 0.3) is 0 Å². The van der Waals surface area contributed by atoms with E-state index in [2.05, 4.69) is 12.2 Å². The number of hydrogen-bond acceptors (Lipinski definition) is 3. The minimum Gasteiger partial charge on any atom is -0.317 e. The van der Waals surface area contributed by atoms with E-state index >= 15 is 0 Å². The van der Waals surface area contributed by atoms with Gasteiger partial charge in [0, 0.05) is 7.05 Å². The molecule has 0 unspecified atom stereocenters. The van der Waals surface area contributed by atoms with Gasteiger partial charge in [0.1, 0.15) is 0 Å². The van der Waals surface area contributed by atoms with Gasteiger partial charge < -0.3 is 5.32 Å². The minimum atomic E-state index is -3.22. The number of sulfonamides is 1. The Morgan fingerprint density at radius 2 is 1.79 bits per heavy atom. The van der Waals surface area contributed by atoms with Gasteiger partial charge >= 0.3 is 0 Å². The van der Waals surface area contributed by atoms with E-state index in [1.807, 2.05) is 31.2 Å². The Bertz CT molecular complexity index is 469. The Hall–Kier alpha value is -1.07. The van der Waals surface area contributed by atoms with E-state index in [-0.39, 0.29) is 5.75 Å². The van der Waals surface area contributed by atoms with Gasteiger partial charge in [-0.25, -0.2) is 8.42 Å². The van der Waals surface area contributed by atoms with Crippen LogP contribution in [0.5, 0.6) is 0 Å². The average molecular weight is 284 g/mol. The standard InChI is InChI=1S/C14H24N2O2S/c1-4-10-15-11-5-12-19(17,18)16(3)14-8-6-13(2)7-9-14/h6-9,15H,4-5,10-12H2,1-3H3. The van der Waals surface area contributed by atoms with Crippen LogP contribution in [-0.4, -0.2) is 34.3 Å². The number of rotatable bonds is 8. The van der Waals surface area contributed by atoms with Crippen molar-refractivity contribution in [2.24, 2.45) is 0 Å². The lowest BCUT2D eigenvalue weighted by atomic mass is 10.2. The van der Waals surface area contributed by atoms with Crippen molar-refractivity contribution in [3.8, 4) is 0 Å². The first-order chi connectivity index (χ1) is 8.97. The first-order valence-electron chi connectivity index (χ1n) is 6.71. The summed E-state index contributed by atoms with van der Waals surface area (Å²) in [6.45, 7) is 5.76. The summed E-state index contributed by atoms with van der Waals surface area (Å²) in [5, 5.41) is 3.21. The van der Waals surface area contributed by atoms with Gasteiger partial charge in [-0.3, -0.25) is 4.31 Å². The molecular weight excluding hydrogens is 260 g/mol. The highest BCUT2D eigenvalue weighted by Gasteiger charge is 2.17. The summed E-state index contributed by atoms with van der Waals surface area (Å²) >= 11 is 0. The lowest BCUT2D eigenvalue weighted by Crippen LogP contribution is -2.30. The van der Waals surface area contributed by atoms with Crippen LogP contribution < -0.4 is 9.62 Å². The van der Waals surface area contributed by atoms with Crippen LogP contribution in [0, 0.1) is 6.92 Å². The van der Waals surface area contributed by atoms with Gasteiger partial charge in [0.2, 0.25) is 10.0 Å². The SMILES string of the molecule is CCCNCCCS(=O)(=O)N(C)c1ccc(C)cc1. The van der Waals surface area contributed by atoms with Crippen molar-refractivity contribution in [3.05, 3.63) is 29.8 Å². The van der Waals surface area contributed by atoms with Crippen LogP contribution in [0.3, 0.4) is 0 Å². The second kappa shape index (κ2) is 7.50. The molecular formula is C14H24N2O2S. The summed E-state index contributed by atoms with van der Waals surface area (Å²) in [6.07, 6.45) is 1.70. The van der Waals surface area contributed by atoms with Crippen LogP contribution >= 0.6 is 0 Å². The lowest BCUT2D eigenvalue weighted by Gasteiger charge is -2.19. The summed E-state index contributed by atoms with van der Waals surface area (Å²) < 4.78 is 25.7. The Labute approximate surface area is 116 Å². The second-order valence-corrected chi connectivity index (χ2v) is 6.84. The lowest BCUT2D eigenvalue weighted by molar-refractivity contribution is 0.586. The summed E-state index contributed by atoms with van der Waals surface area (Å²) in [6, 6.07) is 7.51. The highest BCUT2D eigenvalue weighted by atomic mass is 32.2. The molecule has 0 spiro atoms. The summed E-state index contributed by atoms with van der Waals surface area (Å²) in [5.74, 6) is 0.175. The zero-order valence-electron chi connectivity index (χ0n) is 12.0. The fourth-order valence-electron chi connectivity index (χ4n) is 1.73. The number of nitrogens with one attached hydrogen (secondary N) is 1. The number of benzene rings is 1. The van der Waals surface area contributed by atoms with Gasteiger partial charge in [-0.05, 0) is 45.0 Å². The molecule has 1 aromatic rings. The Morgan fingerprint density at radius 1 is 1.16 bits per heavy atom. The molecule has 1 aromatic carbocycles. The minimum absolute atomic E-state index is 0.175. The number of hydrogen-bond donors (Lipinski definition) is 1. The molecule has 0 aliphatic carbocycles. The average Bonchev–Trinajstić information content (AvgIpc) is 2.38. The predicted octanol–water partition coefficient (Wildman–Crippen LogP) is 2.15. The summed E-state index contributed by atoms with van der Waals surface area (Å²) in [5.41, 5.74) is 1.84. The molecule has 0 heterocycles. The van der Waals surface area contributed by atoms with Crippen LogP contribution in [0.4, 0.5) is 5.69 Å². The van der Waals surface area contributed by atoms with Gasteiger partial charge in [-0.15, -0.1) is 0 Å². The fraction of sp³-hybridized carbons (Fsp3) is 0.571. The molecule has 0 aliphatic heterocycles. The van der Waals surface area contributed by atoms with Crippen molar-refractivity contribution in [1.82, 2.24) is 5.32 Å². The van der Waals surface area contributed by atoms with E-state index in [4.69, 9.17) is 0 Å². The number of aryl methyl sites for hydroxylation is 1. The van der Waals surface area contributed by atoms with Crippen molar-refractivity contribution in [1.29, 1.82) is 0 Å². The molecule has 1 rings (SSSR count). The third kappa shape index (κ3) is 5.20. The maximum Gasteiger partial charge on any atom is 0.234 e.